The lowest BCUT2D eigenvalue weighted by molar-refractivity contribution is 0.384. The van der Waals surface area contributed by atoms with Gasteiger partial charge in [0.1, 0.15) is 0 Å². The highest BCUT2D eigenvalue weighted by Gasteiger charge is 2.15. The largest absolute Gasteiger partial charge is 0.438 e. The molecule has 0 radical (unpaired) electrons. The lowest BCUT2D eigenvalue weighted by atomic mass is 10.1. The average molecular weight is 285 g/mol. The van der Waals surface area contributed by atoms with Crippen molar-refractivity contribution >= 4 is 22.9 Å². The van der Waals surface area contributed by atoms with Gasteiger partial charge in [0.25, 0.3) is 0 Å². The first-order valence-electron chi connectivity index (χ1n) is 5.80. The second-order valence-electron chi connectivity index (χ2n) is 5.28. The zero-order valence-corrected chi connectivity index (χ0v) is 12.6. The Morgan fingerprint density at radius 1 is 1.44 bits per heavy atom. The van der Waals surface area contributed by atoms with Gasteiger partial charge in [-0.2, -0.15) is 0 Å². The number of nitrogens with one attached hydrogen (secondary N) is 1. The predicted molar refractivity (Wildman–Crippen MR) is 76.2 cm³/mol. The molecule has 0 saturated heterocycles. The quantitative estimate of drug-likeness (QED) is 0.915. The van der Waals surface area contributed by atoms with E-state index in [4.69, 9.17) is 16.0 Å². The van der Waals surface area contributed by atoms with E-state index in [1.165, 1.54) is 0 Å². The standard InChI is InChI=1S/C13H17ClN2OS/c1-8-7-18-12(11(8)14)9-5-15-10(17-9)6-16-13(2,3)4/h5,7,16H,6H2,1-4H3. The fourth-order valence-corrected chi connectivity index (χ4v) is 2.67. The zero-order valence-electron chi connectivity index (χ0n) is 11.0. The van der Waals surface area contributed by atoms with Crippen LogP contribution in [0.2, 0.25) is 5.02 Å². The van der Waals surface area contributed by atoms with Crippen LogP contribution < -0.4 is 5.32 Å². The van der Waals surface area contributed by atoms with Gasteiger partial charge >= 0.3 is 0 Å². The third kappa shape index (κ3) is 3.13. The number of rotatable bonds is 3. The van der Waals surface area contributed by atoms with Crippen molar-refractivity contribution in [1.82, 2.24) is 10.3 Å². The zero-order chi connectivity index (χ0) is 13.3. The molecule has 0 aliphatic heterocycles. The minimum absolute atomic E-state index is 0.0474. The molecule has 1 N–H and O–H groups in total. The minimum atomic E-state index is 0.0474. The van der Waals surface area contributed by atoms with Gasteiger partial charge < -0.3 is 9.73 Å². The van der Waals surface area contributed by atoms with Gasteiger partial charge in [-0.25, -0.2) is 4.98 Å². The maximum Gasteiger partial charge on any atom is 0.208 e. The molecule has 0 atom stereocenters. The van der Waals surface area contributed by atoms with Gasteiger partial charge in [-0.1, -0.05) is 11.6 Å². The number of nitrogens with zero attached hydrogens (tertiary/aromatic N) is 1. The SMILES string of the molecule is Cc1csc(-c2cnc(CNC(C)(C)C)o2)c1Cl. The molecular weight excluding hydrogens is 268 g/mol. The number of halogens is 1. The van der Waals surface area contributed by atoms with E-state index in [-0.39, 0.29) is 5.54 Å². The number of thiophene rings is 1. The van der Waals surface area contributed by atoms with Gasteiger partial charge in [0, 0.05) is 5.54 Å². The first kappa shape index (κ1) is 13.6. The third-order valence-corrected chi connectivity index (χ3v) is 4.16. The molecule has 98 valence electrons. The van der Waals surface area contributed by atoms with Crippen molar-refractivity contribution in [2.24, 2.45) is 0 Å². The first-order chi connectivity index (χ1) is 8.37. The fraction of sp³-hybridized carbons (Fsp3) is 0.462. The molecule has 2 rings (SSSR count). The normalized spacial score (nSPS) is 12.1. The van der Waals surface area contributed by atoms with Crippen LogP contribution in [0.3, 0.4) is 0 Å². The van der Waals surface area contributed by atoms with E-state index in [1.807, 2.05) is 12.3 Å². The van der Waals surface area contributed by atoms with E-state index >= 15 is 0 Å². The monoisotopic (exact) mass is 284 g/mol. The average Bonchev–Trinajstić information content (AvgIpc) is 2.84. The molecule has 3 nitrogen and oxygen atoms in total. The van der Waals surface area contributed by atoms with Crippen molar-refractivity contribution in [3.05, 3.63) is 28.1 Å². The van der Waals surface area contributed by atoms with Crippen LogP contribution in [-0.4, -0.2) is 10.5 Å². The molecule has 18 heavy (non-hydrogen) atoms. The summed E-state index contributed by atoms with van der Waals surface area (Å²) in [7, 11) is 0. The van der Waals surface area contributed by atoms with Gasteiger partial charge in [-0.15, -0.1) is 11.3 Å². The van der Waals surface area contributed by atoms with Crippen LogP contribution in [-0.2, 0) is 6.54 Å². The molecule has 2 heterocycles. The van der Waals surface area contributed by atoms with Crippen LogP contribution in [0.1, 0.15) is 32.2 Å². The first-order valence-corrected chi connectivity index (χ1v) is 7.06. The summed E-state index contributed by atoms with van der Waals surface area (Å²) >= 11 is 7.79. The number of aromatic nitrogens is 1. The molecule has 0 fully saturated rings. The topological polar surface area (TPSA) is 38.1 Å². The molecule has 0 aliphatic carbocycles. The Bertz CT molecular complexity index is 539. The summed E-state index contributed by atoms with van der Waals surface area (Å²) in [5.41, 5.74) is 1.12. The minimum Gasteiger partial charge on any atom is -0.438 e. The summed E-state index contributed by atoms with van der Waals surface area (Å²) in [5.74, 6) is 1.42. The van der Waals surface area contributed by atoms with E-state index < -0.39 is 0 Å². The summed E-state index contributed by atoms with van der Waals surface area (Å²) < 4.78 is 5.71. The van der Waals surface area contributed by atoms with Crippen molar-refractivity contribution in [2.45, 2.75) is 39.8 Å². The van der Waals surface area contributed by atoms with E-state index in [2.05, 4.69) is 31.1 Å². The van der Waals surface area contributed by atoms with E-state index in [0.717, 1.165) is 21.2 Å². The summed E-state index contributed by atoms with van der Waals surface area (Å²) in [4.78, 5) is 5.21. The van der Waals surface area contributed by atoms with Crippen LogP contribution in [0.15, 0.2) is 16.0 Å². The molecule has 0 aliphatic rings. The Morgan fingerprint density at radius 3 is 2.72 bits per heavy atom. The van der Waals surface area contributed by atoms with Gasteiger partial charge in [-0.3, -0.25) is 0 Å². The number of hydrogen-bond donors (Lipinski definition) is 1. The highest BCUT2D eigenvalue weighted by atomic mass is 35.5. The van der Waals surface area contributed by atoms with Gasteiger partial charge in [-0.05, 0) is 38.6 Å². The maximum atomic E-state index is 6.21. The number of aryl methyl sites for hydroxylation is 1. The molecule has 0 amide bonds. The fourth-order valence-electron chi connectivity index (χ4n) is 1.43. The Kier molecular flexibility index (Phi) is 3.80. The molecule has 0 spiro atoms. The number of oxazole rings is 1. The molecule has 5 heteroatoms. The smallest absolute Gasteiger partial charge is 0.208 e. The summed E-state index contributed by atoms with van der Waals surface area (Å²) in [6.07, 6.45) is 1.73. The van der Waals surface area contributed by atoms with Crippen LogP contribution in [0.25, 0.3) is 10.6 Å². The van der Waals surface area contributed by atoms with Crippen molar-refractivity contribution in [2.75, 3.05) is 0 Å². The lowest BCUT2D eigenvalue weighted by Crippen LogP contribution is -2.35. The molecule has 0 unspecified atom stereocenters. The van der Waals surface area contributed by atoms with Crippen molar-refractivity contribution < 1.29 is 4.42 Å². The second-order valence-corrected chi connectivity index (χ2v) is 6.54. The van der Waals surface area contributed by atoms with Crippen molar-refractivity contribution in [3.63, 3.8) is 0 Å². The van der Waals surface area contributed by atoms with E-state index in [9.17, 15) is 0 Å². The van der Waals surface area contributed by atoms with Gasteiger partial charge in [0.2, 0.25) is 5.89 Å². The molecule has 0 saturated carbocycles. The lowest BCUT2D eigenvalue weighted by Gasteiger charge is -2.18. The molecule has 2 aromatic rings. The predicted octanol–water partition coefficient (Wildman–Crippen LogP) is 4.25. The second kappa shape index (κ2) is 5.03. The molecule has 0 aromatic carbocycles. The highest BCUT2D eigenvalue weighted by molar-refractivity contribution is 7.14. The van der Waals surface area contributed by atoms with Gasteiger partial charge in [0.15, 0.2) is 5.76 Å². The third-order valence-electron chi connectivity index (χ3n) is 2.45. The molecule has 2 aromatic heterocycles. The number of hydrogen-bond acceptors (Lipinski definition) is 4. The summed E-state index contributed by atoms with van der Waals surface area (Å²) in [5, 5.41) is 6.11. The molecular formula is C13H17ClN2OS. The Balaban J connectivity index is 2.13. The Labute approximate surface area is 116 Å². The Morgan fingerprint density at radius 2 is 2.17 bits per heavy atom. The van der Waals surface area contributed by atoms with E-state index in [0.29, 0.717) is 12.4 Å². The van der Waals surface area contributed by atoms with Crippen LogP contribution in [0, 0.1) is 6.92 Å². The van der Waals surface area contributed by atoms with Crippen LogP contribution >= 0.6 is 22.9 Å². The van der Waals surface area contributed by atoms with Crippen molar-refractivity contribution in [3.8, 4) is 10.6 Å². The van der Waals surface area contributed by atoms with Crippen molar-refractivity contribution in [1.29, 1.82) is 0 Å². The summed E-state index contributed by atoms with van der Waals surface area (Å²) in [6, 6.07) is 0. The maximum absolute atomic E-state index is 6.21. The highest BCUT2D eigenvalue weighted by Crippen LogP contribution is 2.36. The van der Waals surface area contributed by atoms with Crippen LogP contribution in [0.5, 0.6) is 0 Å². The summed E-state index contributed by atoms with van der Waals surface area (Å²) in [6.45, 7) is 8.93. The van der Waals surface area contributed by atoms with Crippen LogP contribution in [0.4, 0.5) is 0 Å². The molecule has 0 bridgehead atoms. The Hall–Kier alpha value is -0.840. The van der Waals surface area contributed by atoms with E-state index in [1.54, 1.807) is 17.5 Å². The van der Waals surface area contributed by atoms with Gasteiger partial charge in [0.05, 0.1) is 22.6 Å².